The normalized spacial score (nSPS) is 14.3. The van der Waals surface area contributed by atoms with Crippen LogP contribution in [0, 0.1) is 0 Å². The number of carboxylic acid groups (broad SMARTS) is 1. The highest BCUT2D eigenvalue weighted by atomic mass is 16.4. The van der Waals surface area contributed by atoms with E-state index < -0.39 is 18.2 Å². The smallest absolute Gasteiger partial charge is 0.303 e. The molecule has 2 atom stereocenters. The van der Waals surface area contributed by atoms with Gasteiger partial charge in [0.05, 0.1) is 12.2 Å². The zero-order valence-electron chi connectivity index (χ0n) is 14.0. The number of aliphatic carboxylic acids is 1. The van der Waals surface area contributed by atoms with Crippen molar-refractivity contribution in [1.82, 2.24) is 0 Å². The van der Waals surface area contributed by atoms with Gasteiger partial charge in [0.15, 0.2) is 0 Å². The molecule has 22 heavy (non-hydrogen) atoms. The molecule has 0 radical (unpaired) electrons. The summed E-state index contributed by atoms with van der Waals surface area (Å²) < 4.78 is 0. The van der Waals surface area contributed by atoms with Crippen LogP contribution >= 0.6 is 0 Å². The first-order valence-corrected chi connectivity index (χ1v) is 8.80. The molecule has 0 saturated heterocycles. The summed E-state index contributed by atoms with van der Waals surface area (Å²) in [5, 5.41) is 28.1. The average Bonchev–Trinajstić information content (AvgIpc) is 2.46. The highest BCUT2D eigenvalue weighted by molar-refractivity contribution is 5.66. The highest BCUT2D eigenvalue weighted by Gasteiger charge is 2.08. The lowest BCUT2D eigenvalue weighted by Crippen LogP contribution is -2.15. The molecule has 0 aliphatic heterocycles. The molecular weight excluding hydrogens is 280 g/mol. The van der Waals surface area contributed by atoms with Gasteiger partial charge in [-0.3, -0.25) is 4.79 Å². The Morgan fingerprint density at radius 3 is 2.36 bits per heavy atom. The van der Waals surface area contributed by atoms with E-state index in [1.54, 1.807) is 6.08 Å². The Balaban J connectivity index is 3.49. The second kappa shape index (κ2) is 15.0. The van der Waals surface area contributed by atoms with Crippen LogP contribution in [0.4, 0.5) is 0 Å². The molecule has 0 aromatic carbocycles. The molecular formula is C18H34O4. The van der Waals surface area contributed by atoms with Crippen LogP contribution in [0.3, 0.4) is 0 Å². The summed E-state index contributed by atoms with van der Waals surface area (Å²) in [5.74, 6) is -0.726. The summed E-state index contributed by atoms with van der Waals surface area (Å²) in [7, 11) is 0. The van der Waals surface area contributed by atoms with Gasteiger partial charge in [-0.05, 0) is 25.7 Å². The number of hydrogen-bond donors (Lipinski definition) is 3. The molecule has 0 bridgehead atoms. The molecule has 0 saturated carbocycles. The maximum atomic E-state index is 10.3. The molecule has 3 N–H and O–H groups in total. The van der Waals surface area contributed by atoms with Gasteiger partial charge < -0.3 is 15.3 Å². The van der Waals surface area contributed by atoms with Crippen molar-refractivity contribution in [3.8, 4) is 0 Å². The maximum absolute atomic E-state index is 10.3. The van der Waals surface area contributed by atoms with Crippen molar-refractivity contribution in [2.75, 3.05) is 0 Å². The summed E-state index contributed by atoms with van der Waals surface area (Å²) in [4.78, 5) is 10.3. The van der Waals surface area contributed by atoms with Crippen LogP contribution in [0.1, 0.15) is 84.0 Å². The molecule has 0 rings (SSSR count). The van der Waals surface area contributed by atoms with Crippen LogP contribution in [-0.2, 0) is 4.79 Å². The summed E-state index contributed by atoms with van der Waals surface area (Å²) in [6, 6.07) is 0. The highest BCUT2D eigenvalue weighted by Crippen LogP contribution is 2.11. The lowest BCUT2D eigenvalue weighted by atomic mass is 10.0. The Bertz CT molecular complexity index is 289. The van der Waals surface area contributed by atoms with Gasteiger partial charge in [-0.25, -0.2) is 0 Å². The van der Waals surface area contributed by atoms with Crippen molar-refractivity contribution in [1.29, 1.82) is 0 Å². The van der Waals surface area contributed by atoms with Crippen LogP contribution in [0.25, 0.3) is 0 Å². The van der Waals surface area contributed by atoms with Crippen molar-refractivity contribution in [2.45, 2.75) is 96.2 Å². The zero-order chi connectivity index (χ0) is 16.6. The summed E-state index contributed by atoms with van der Waals surface area (Å²) >= 11 is 0. The zero-order valence-corrected chi connectivity index (χ0v) is 14.0. The first-order valence-electron chi connectivity index (χ1n) is 8.80. The lowest BCUT2D eigenvalue weighted by Gasteiger charge is -2.12. The van der Waals surface area contributed by atoms with Crippen molar-refractivity contribution in [3.63, 3.8) is 0 Å². The van der Waals surface area contributed by atoms with Crippen LogP contribution in [0.15, 0.2) is 12.2 Å². The fraction of sp³-hybridized carbons (Fsp3) is 0.833. The van der Waals surface area contributed by atoms with Gasteiger partial charge in [0.25, 0.3) is 0 Å². The predicted molar refractivity (Wildman–Crippen MR) is 89.9 cm³/mol. The van der Waals surface area contributed by atoms with E-state index in [-0.39, 0.29) is 6.42 Å². The number of aliphatic hydroxyl groups is 2. The Labute approximate surface area is 135 Å². The van der Waals surface area contributed by atoms with E-state index in [2.05, 4.69) is 6.92 Å². The first kappa shape index (κ1) is 21.1. The number of allylic oxidation sites excluding steroid dienone is 1. The monoisotopic (exact) mass is 314 g/mol. The van der Waals surface area contributed by atoms with Gasteiger partial charge in [0.1, 0.15) is 0 Å². The third kappa shape index (κ3) is 15.5. The van der Waals surface area contributed by atoms with Gasteiger partial charge in [-0.2, -0.15) is 0 Å². The molecule has 0 aliphatic carbocycles. The van der Waals surface area contributed by atoms with Gasteiger partial charge in [-0.1, -0.05) is 57.6 Å². The molecule has 0 spiro atoms. The molecule has 130 valence electrons. The van der Waals surface area contributed by atoms with E-state index in [0.29, 0.717) is 6.42 Å². The minimum Gasteiger partial charge on any atom is -0.481 e. The molecule has 4 heteroatoms. The number of carbonyl (C=O) groups is 1. The van der Waals surface area contributed by atoms with E-state index in [0.717, 1.165) is 51.4 Å². The molecule has 0 aliphatic rings. The van der Waals surface area contributed by atoms with E-state index >= 15 is 0 Å². The number of carboxylic acids is 1. The van der Waals surface area contributed by atoms with Crippen molar-refractivity contribution in [2.24, 2.45) is 0 Å². The van der Waals surface area contributed by atoms with Gasteiger partial charge >= 0.3 is 5.97 Å². The van der Waals surface area contributed by atoms with Crippen LogP contribution in [-0.4, -0.2) is 33.5 Å². The van der Waals surface area contributed by atoms with Crippen LogP contribution < -0.4 is 0 Å². The maximum Gasteiger partial charge on any atom is 0.303 e. The standard InChI is InChI=1S/C18H34O4/c1-2-3-4-9-12-16(19)15-17(20)13-10-7-5-6-8-11-14-18(21)22/h10,13,16-17,19-20H,2-9,11-12,14-15H2,1H3,(H,21,22)/b13-10+. The minimum atomic E-state index is -0.726. The number of unbranched alkanes of at least 4 members (excludes halogenated alkanes) is 7. The SMILES string of the molecule is CCCCCCC(O)CC(O)/C=C/CCCCCCC(=O)O. The molecule has 0 amide bonds. The van der Waals surface area contributed by atoms with Gasteiger partial charge in [0, 0.05) is 12.8 Å². The van der Waals surface area contributed by atoms with Crippen molar-refractivity contribution in [3.05, 3.63) is 12.2 Å². The van der Waals surface area contributed by atoms with Crippen molar-refractivity contribution < 1.29 is 20.1 Å². The van der Waals surface area contributed by atoms with Crippen molar-refractivity contribution >= 4 is 5.97 Å². The second-order valence-corrected chi connectivity index (χ2v) is 6.08. The molecule has 4 nitrogen and oxygen atoms in total. The Hall–Kier alpha value is -0.870. The van der Waals surface area contributed by atoms with Crippen LogP contribution in [0.2, 0.25) is 0 Å². The van der Waals surface area contributed by atoms with Crippen LogP contribution in [0.5, 0.6) is 0 Å². The Kier molecular flexibility index (Phi) is 14.4. The minimum absolute atomic E-state index is 0.255. The summed E-state index contributed by atoms with van der Waals surface area (Å²) in [6.07, 6.45) is 13.4. The Morgan fingerprint density at radius 1 is 1.00 bits per heavy atom. The third-order valence-corrected chi connectivity index (χ3v) is 3.77. The summed E-state index contributed by atoms with van der Waals surface area (Å²) in [5.41, 5.74) is 0. The topological polar surface area (TPSA) is 77.8 Å². The molecule has 0 aromatic rings. The average molecular weight is 314 g/mol. The number of aliphatic hydroxyl groups excluding tert-OH is 2. The largest absolute Gasteiger partial charge is 0.481 e. The van der Waals surface area contributed by atoms with E-state index in [4.69, 9.17) is 5.11 Å². The van der Waals surface area contributed by atoms with E-state index in [1.807, 2.05) is 6.08 Å². The van der Waals surface area contributed by atoms with E-state index in [1.165, 1.54) is 12.8 Å². The quantitative estimate of drug-likeness (QED) is 0.315. The van der Waals surface area contributed by atoms with E-state index in [9.17, 15) is 15.0 Å². The molecule has 0 fully saturated rings. The second-order valence-electron chi connectivity index (χ2n) is 6.08. The number of hydrogen-bond acceptors (Lipinski definition) is 3. The van der Waals surface area contributed by atoms with Gasteiger partial charge in [-0.15, -0.1) is 0 Å². The first-order chi connectivity index (χ1) is 10.6. The number of rotatable bonds is 15. The van der Waals surface area contributed by atoms with Gasteiger partial charge in [0.2, 0.25) is 0 Å². The fourth-order valence-electron chi connectivity index (χ4n) is 2.43. The third-order valence-electron chi connectivity index (χ3n) is 3.77. The Morgan fingerprint density at radius 2 is 1.68 bits per heavy atom. The summed E-state index contributed by atoms with van der Waals surface area (Å²) in [6.45, 7) is 2.16. The predicted octanol–water partition coefficient (Wildman–Crippen LogP) is 4.05. The lowest BCUT2D eigenvalue weighted by molar-refractivity contribution is -0.137. The molecule has 2 unspecified atom stereocenters. The molecule has 0 heterocycles. The molecule has 0 aromatic heterocycles. The fourth-order valence-corrected chi connectivity index (χ4v) is 2.43.